The van der Waals surface area contributed by atoms with E-state index >= 15 is 0 Å². The average Bonchev–Trinajstić information content (AvgIpc) is 3.14. The molecule has 2 aliphatic heterocycles. The maximum atomic E-state index is 12.7. The Morgan fingerprint density at radius 3 is 2.72 bits per heavy atom. The highest BCUT2D eigenvalue weighted by Crippen LogP contribution is 2.38. The van der Waals surface area contributed by atoms with Crippen LogP contribution >= 0.6 is 0 Å². The number of likely N-dealkylation sites (tertiary alicyclic amines) is 1. The number of benzene rings is 1. The van der Waals surface area contributed by atoms with Gasteiger partial charge >= 0.3 is 0 Å². The number of carbonyl (C=O) groups is 2. The number of ether oxygens (including phenoxy) is 2. The van der Waals surface area contributed by atoms with Crippen LogP contribution in [0, 0.1) is 11.8 Å². The number of nitrogens with zero attached hydrogens (tertiary/aromatic N) is 1. The summed E-state index contributed by atoms with van der Waals surface area (Å²) in [6.07, 6.45) is 2.09. The highest BCUT2D eigenvalue weighted by molar-refractivity contribution is 5.98. The van der Waals surface area contributed by atoms with Crippen molar-refractivity contribution in [2.24, 2.45) is 11.8 Å². The summed E-state index contributed by atoms with van der Waals surface area (Å²) < 4.78 is 10.8. The molecule has 1 aromatic carbocycles. The molecule has 0 saturated carbocycles. The zero-order valence-electron chi connectivity index (χ0n) is 15.1. The number of nitrogens with one attached hydrogen (secondary N) is 1. The first-order valence-electron chi connectivity index (χ1n) is 8.99. The summed E-state index contributed by atoms with van der Waals surface area (Å²) in [5.74, 6) is 1.44. The Morgan fingerprint density at radius 2 is 2.04 bits per heavy atom. The molecule has 1 fully saturated rings. The Balaban J connectivity index is 1.72. The summed E-state index contributed by atoms with van der Waals surface area (Å²) in [5.41, 5.74) is 1.79. The van der Waals surface area contributed by atoms with E-state index in [1.807, 2.05) is 12.1 Å². The first kappa shape index (κ1) is 17.6. The Bertz CT molecular complexity index is 672. The van der Waals surface area contributed by atoms with E-state index in [4.69, 9.17) is 9.47 Å². The van der Waals surface area contributed by atoms with Gasteiger partial charge in [0.1, 0.15) is 0 Å². The number of fused-ring (bicyclic) bond motifs is 1. The zero-order chi connectivity index (χ0) is 18.0. The van der Waals surface area contributed by atoms with Gasteiger partial charge in [-0.2, -0.15) is 0 Å². The SMILES string of the molecule is CCCc1cc2c(cc1NC(=O)[C@@H]1CC(=O)N(CC(C)C)C1)OCO2. The predicted molar refractivity (Wildman–Crippen MR) is 94.7 cm³/mol. The maximum absolute atomic E-state index is 12.7. The standard InChI is InChI=1S/C19H26N2O4/c1-4-5-13-6-16-17(25-11-24-16)8-15(13)20-19(23)14-7-18(22)21(10-14)9-12(2)3/h6,8,12,14H,4-5,7,9-11H2,1-3H3,(H,20,23)/t14-/m1/s1. The van der Waals surface area contributed by atoms with Crippen LogP contribution in [0.25, 0.3) is 0 Å². The van der Waals surface area contributed by atoms with Crippen molar-refractivity contribution in [1.29, 1.82) is 0 Å². The second-order valence-corrected chi connectivity index (χ2v) is 7.20. The fourth-order valence-electron chi connectivity index (χ4n) is 3.38. The minimum Gasteiger partial charge on any atom is -0.454 e. The van der Waals surface area contributed by atoms with Gasteiger partial charge in [-0.15, -0.1) is 0 Å². The molecule has 2 heterocycles. The molecule has 1 aromatic rings. The number of hydrogen-bond acceptors (Lipinski definition) is 4. The van der Waals surface area contributed by atoms with Crippen LogP contribution < -0.4 is 14.8 Å². The smallest absolute Gasteiger partial charge is 0.231 e. The largest absolute Gasteiger partial charge is 0.454 e. The molecule has 136 valence electrons. The van der Waals surface area contributed by atoms with Gasteiger partial charge in [-0.05, 0) is 24.0 Å². The molecule has 1 N–H and O–H groups in total. The van der Waals surface area contributed by atoms with Crippen molar-refractivity contribution < 1.29 is 19.1 Å². The van der Waals surface area contributed by atoms with Crippen molar-refractivity contribution in [3.8, 4) is 11.5 Å². The molecule has 3 rings (SSSR count). The van der Waals surface area contributed by atoms with Crippen LogP contribution in [-0.2, 0) is 16.0 Å². The maximum Gasteiger partial charge on any atom is 0.231 e. The molecule has 0 spiro atoms. The van der Waals surface area contributed by atoms with Gasteiger partial charge in [0.25, 0.3) is 0 Å². The molecule has 6 heteroatoms. The molecule has 2 aliphatic rings. The van der Waals surface area contributed by atoms with Crippen LogP contribution in [0.3, 0.4) is 0 Å². The summed E-state index contributed by atoms with van der Waals surface area (Å²) in [6, 6.07) is 3.76. The normalized spacial score (nSPS) is 19.0. The molecule has 1 saturated heterocycles. The highest BCUT2D eigenvalue weighted by Gasteiger charge is 2.34. The van der Waals surface area contributed by atoms with Crippen molar-refractivity contribution in [2.75, 3.05) is 25.2 Å². The third-order valence-electron chi connectivity index (χ3n) is 4.55. The van der Waals surface area contributed by atoms with E-state index in [1.165, 1.54) is 0 Å². The summed E-state index contributed by atoms with van der Waals surface area (Å²) in [7, 11) is 0. The third kappa shape index (κ3) is 3.89. The van der Waals surface area contributed by atoms with Gasteiger partial charge in [0.2, 0.25) is 18.6 Å². The predicted octanol–water partition coefficient (Wildman–Crippen LogP) is 2.81. The number of amides is 2. The van der Waals surface area contributed by atoms with Crippen LogP contribution in [0.4, 0.5) is 5.69 Å². The lowest BCUT2D eigenvalue weighted by atomic mass is 10.0. The first-order valence-corrected chi connectivity index (χ1v) is 8.99. The van der Waals surface area contributed by atoms with Crippen LogP contribution in [0.1, 0.15) is 39.2 Å². The first-order chi connectivity index (χ1) is 12.0. The van der Waals surface area contributed by atoms with E-state index in [0.29, 0.717) is 24.8 Å². The quantitative estimate of drug-likeness (QED) is 0.860. The van der Waals surface area contributed by atoms with Gasteiger partial charge in [0, 0.05) is 31.3 Å². The fourth-order valence-corrected chi connectivity index (χ4v) is 3.38. The minimum atomic E-state index is -0.300. The van der Waals surface area contributed by atoms with E-state index in [9.17, 15) is 9.59 Å². The van der Waals surface area contributed by atoms with Crippen molar-refractivity contribution in [2.45, 2.75) is 40.0 Å². The van der Waals surface area contributed by atoms with E-state index < -0.39 is 0 Å². The molecule has 0 aromatic heterocycles. The van der Waals surface area contributed by atoms with Gasteiger partial charge in [-0.1, -0.05) is 27.2 Å². The summed E-state index contributed by atoms with van der Waals surface area (Å²) in [4.78, 5) is 26.6. The minimum absolute atomic E-state index is 0.0633. The molecule has 0 aliphatic carbocycles. The van der Waals surface area contributed by atoms with Crippen LogP contribution in [0.5, 0.6) is 11.5 Å². The van der Waals surface area contributed by atoms with Crippen molar-refractivity contribution in [3.05, 3.63) is 17.7 Å². The molecule has 2 amide bonds. The number of carbonyl (C=O) groups excluding carboxylic acids is 2. The highest BCUT2D eigenvalue weighted by atomic mass is 16.7. The van der Waals surface area contributed by atoms with Crippen LogP contribution in [0.15, 0.2) is 12.1 Å². The number of rotatable bonds is 6. The number of anilines is 1. The number of aryl methyl sites for hydroxylation is 1. The van der Waals surface area contributed by atoms with Gasteiger partial charge in [-0.3, -0.25) is 9.59 Å². The van der Waals surface area contributed by atoms with Crippen molar-refractivity contribution in [1.82, 2.24) is 4.90 Å². The Kier molecular flexibility index (Phi) is 5.16. The lowest BCUT2D eigenvalue weighted by molar-refractivity contribution is -0.128. The van der Waals surface area contributed by atoms with Crippen LogP contribution in [0.2, 0.25) is 0 Å². The van der Waals surface area contributed by atoms with Gasteiger partial charge in [0.05, 0.1) is 5.92 Å². The van der Waals surface area contributed by atoms with E-state index in [2.05, 4.69) is 26.1 Å². The average molecular weight is 346 g/mol. The van der Waals surface area contributed by atoms with Crippen LogP contribution in [-0.4, -0.2) is 36.6 Å². The van der Waals surface area contributed by atoms with Crippen molar-refractivity contribution in [3.63, 3.8) is 0 Å². The summed E-state index contributed by atoms with van der Waals surface area (Å²) in [5, 5.41) is 3.01. The van der Waals surface area contributed by atoms with Gasteiger partial charge < -0.3 is 19.7 Å². The second kappa shape index (κ2) is 7.33. The lowest BCUT2D eigenvalue weighted by Gasteiger charge is -2.19. The Morgan fingerprint density at radius 1 is 1.32 bits per heavy atom. The molecule has 0 unspecified atom stereocenters. The molecular formula is C19H26N2O4. The molecular weight excluding hydrogens is 320 g/mol. The number of hydrogen-bond donors (Lipinski definition) is 1. The molecule has 0 bridgehead atoms. The topological polar surface area (TPSA) is 67.9 Å². The summed E-state index contributed by atoms with van der Waals surface area (Å²) >= 11 is 0. The Labute approximate surface area is 148 Å². The molecule has 25 heavy (non-hydrogen) atoms. The van der Waals surface area contributed by atoms with E-state index in [1.54, 1.807) is 4.90 Å². The summed E-state index contributed by atoms with van der Waals surface area (Å²) in [6.45, 7) is 7.65. The molecule has 0 radical (unpaired) electrons. The third-order valence-corrected chi connectivity index (χ3v) is 4.55. The Hall–Kier alpha value is -2.24. The van der Waals surface area contributed by atoms with Gasteiger partial charge in [-0.25, -0.2) is 0 Å². The fraction of sp³-hybridized carbons (Fsp3) is 0.579. The van der Waals surface area contributed by atoms with E-state index in [-0.39, 0.29) is 30.9 Å². The monoisotopic (exact) mass is 346 g/mol. The van der Waals surface area contributed by atoms with E-state index in [0.717, 1.165) is 29.8 Å². The lowest BCUT2D eigenvalue weighted by Crippen LogP contribution is -2.31. The second-order valence-electron chi connectivity index (χ2n) is 7.20. The molecule has 6 nitrogen and oxygen atoms in total. The zero-order valence-corrected chi connectivity index (χ0v) is 15.1. The molecule has 1 atom stereocenters. The van der Waals surface area contributed by atoms with Crippen molar-refractivity contribution >= 4 is 17.5 Å². The van der Waals surface area contributed by atoms with Gasteiger partial charge in [0.15, 0.2) is 11.5 Å².